The Morgan fingerprint density at radius 2 is 0.875 bits per heavy atom. The Morgan fingerprint density at radius 1 is 0.484 bits per heavy atom. The van der Waals surface area contributed by atoms with Gasteiger partial charge in [0, 0.05) is 19.3 Å². The van der Waals surface area contributed by atoms with Gasteiger partial charge in [-0.2, -0.15) is 0 Å². The van der Waals surface area contributed by atoms with Crippen LogP contribution in [0.15, 0.2) is 72.9 Å². The zero-order valence-corrected chi connectivity index (χ0v) is 41.9. The van der Waals surface area contributed by atoms with Crippen LogP contribution in [0.3, 0.4) is 0 Å². The molecule has 0 aromatic rings. The Kier molecular flexibility index (Phi) is 44.0. The Morgan fingerprint density at radius 3 is 1.31 bits per heavy atom. The molecular weight excluding hydrogens is 799 g/mol. The minimum atomic E-state index is -1.13. The first-order valence-electron chi connectivity index (χ1n) is 26.0. The van der Waals surface area contributed by atoms with Crippen LogP contribution >= 0.6 is 0 Å². The lowest BCUT2D eigenvalue weighted by atomic mass is 10.1. The second-order valence-electron chi connectivity index (χ2n) is 18.4. The van der Waals surface area contributed by atoms with Crippen LogP contribution in [0.25, 0.3) is 0 Å². The molecule has 0 aromatic heterocycles. The van der Waals surface area contributed by atoms with E-state index in [0.29, 0.717) is 12.8 Å². The van der Waals surface area contributed by atoms with Crippen molar-refractivity contribution in [1.29, 1.82) is 0 Å². The zero-order valence-electron chi connectivity index (χ0n) is 41.9. The quantitative estimate of drug-likeness (QED) is 0.0259. The maximum Gasteiger partial charge on any atom is 0.306 e. The standard InChI is InChI=1S/C56H97NO7/c1-6-8-10-12-14-16-18-20-22-24-25-26-27-28-29-31-33-35-37-39-41-43-45-47-55(59)64-52(50-62-49-48-53(56(60)61)57(3,4)5)51-63-54(58)46-44-42-40-38-36-34-32-30-23-21-19-17-15-13-11-9-7-2/h8,10,14,16,20-23,25-26,28-29,52-53H,6-7,9,11-13,15,17-19,24,27,30-51H2,1-5H3/b10-8+,16-14+,22-20+,23-21+,26-25+,29-28+. The van der Waals surface area contributed by atoms with Gasteiger partial charge in [0.05, 0.1) is 40.3 Å². The number of unbranched alkanes of at least 4 members (excludes halogenated alkanes) is 20. The normalized spacial score (nSPS) is 13.5. The van der Waals surface area contributed by atoms with Crippen molar-refractivity contribution in [2.45, 2.75) is 225 Å². The number of hydrogen-bond donors (Lipinski definition) is 0. The molecule has 0 fully saturated rings. The van der Waals surface area contributed by atoms with E-state index in [1.165, 1.54) is 96.3 Å². The summed E-state index contributed by atoms with van der Waals surface area (Å²) in [5.74, 6) is -1.75. The molecule has 0 radical (unpaired) electrons. The number of carbonyl (C=O) groups is 3. The monoisotopic (exact) mass is 896 g/mol. The van der Waals surface area contributed by atoms with Gasteiger partial charge in [-0.25, -0.2) is 0 Å². The Hall–Kier alpha value is -3.23. The fraction of sp³-hybridized carbons (Fsp3) is 0.732. The highest BCUT2D eigenvalue weighted by Gasteiger charge is 2.25. The lowest BCUT2D eigenvalue weighted by molar-refractivity contribution is -0.889. The topological polar surface area (TPSA) is 102 Å². The average Bonchev–Trinajstić information content (AvgIpc) is 3.26. The summed E-state index contributed by atoms with van der Waals surface area (Å²) in [6, 6.07) is -0.732. The van der Waals surface area contributed by atoms with E-state index in [0.717, 1.165) is 83.5 Å². The predicted octanol–water partition coefficient (Wildman–Crippen LogP) is 13.8. The van der Waals surface area contributed by atoms with Crippen molar-refractivity contribution in [3.05, 3.63) is 72.9 Å². The van der Waals surface area contributed by atoms with E-state index < -0.39 is 18.1 Å². The third-order valence-electron chi connectivity index (χ3n) is 11.3. The molecule has 0 saturated carbocycles. The van der Waals surface area contributed by atoms with E-state index in [-0.39, 0.29) is 42.7 Å². The van der Waals surface area contributed by atoms with Crippen LogP contribution in [-0.4, -0.2) is 75.5 Å². The van der Waals surface area contributed by atoms with Crippen LogP contribution in [-0.2, 0) is 28.6 Å². The van der Waals surface area contributed by atoms with Crippen LogP contribution in [0.2, 0.25) is 0 Å². The molecule has 0 aliphatic carbocycles. The van der Waals surface area contributed by atoms with Gasteiger partial charge in [0.1, 0.15) is 12.6 Å². The van der Waals surface area contributed by atoms with Crippen LogP contribution in [0.4, 0.5) is 0 Å². The first-order chi connectivity index (χ1) is 31.1. The number of carboxylic acid groups (broad SMARTS) is 1. The SMILES string of the molecule is CC/C=C/C/C=C/C/C=C/C/C=C/C/C=C/CCCCCCCCCC(=O)OC(COCCC(C(=O)[O-])[N+](C)(C)C)COC(=O)CCCCCCCCC/C=C/CCCCCCCC. The molecule has 2 atom stereocenters. The van der Waals surface area contributed by atoms with Gasteiger partial charge in [0.25, 0.3) is 0 Å². The Balaban J connectivity index is 4.28. The molecule has 8 nitrogen and oxygen atoms in total. The molecule has 0 aliphatic rings. The van der Waals surface area contributed by atoms with Crippen LogP contribution in [0.1, 0.15) is 213 Å². The Bertz CT molecular complexity index is 1270. The van der Waals surface area contributed by atoms with E-state index in [1.807, 2.05) is 0 Å². The lowest BCUT2D eigenvalue weighted by Gasteiger charge is -2.34. The number of carboxylic acids is 1. The van der Waals surface area contributed by atoms with Gasteiger partial charge >= 0.3 is 11.9 Å². The summed E-state index contributed by atoms with van der Waals surface area (Å²) in [5.41, 5.74) is 0. The lowest BCUT2D eigenvalue weighted by Crippen LogP contribution is -2.55. The molecular formula is C56H97NO7. The molecule has 0 bridgehead atoms. The summed E-state index contributed by atoms with van der Waals surface area (Å²) >= 11 is 0. The van der Waals surface area contributed by atoms with Crippen LogP contribution in [0.5, 0.6) is 0 Å². The zero-order chi connectivity index (χ0) is 47.0. The number of nitrogens with zero attached hydrogens (tertiary/aromatic N) is 1. The first kappa shape index (κ1) is 60.8. The van der Waals surface area contributed by atoms with Crippen molar-refractivity contribution in [1.82, 2.24) is 0 Å². The smallest absolute Gasteiger partial charge is 0.306 e. The number of esters is 2. The van der Waals surface area contributed by atoms with Crippen LogP contribution < -0.4 is 5.11 Å². The summed E-state index contributed by atoms with van der Waals surface area (Å²) in [6.45, 7) is 4.54. The largest absolute Gasteiger partial charge is 0.544 e. The van der Waals surface area contributed by atoms with Crippen molar-refractivity contribution in [3.8, 4) is 0 Å². The highest BCUT2D eigenvalue weighted by atomic mass is 16.6. The number of allylic oxidation sites excluding steroid dienone is 12. The second kappa shape index (κ2) is 46.3. The van der Waals surface area contributed by atoms with Gasteiger partial charge in [-0.3, -0.25) is 9.59 Å². The number of aliphatic carboxylic acids is 1. The third kappa shape index (κ3) is 44.0. The number of hydrogen-bond acceptors (Lipinski definition) is 7. The maximum absolute atomic E-state index is 12.8. The number of carbonyl (C=O) groups excluding carboxylic acids is 3. The molecule has 8 heteroatoms. The number of rotatable bonds is 46. The van der Waals surface area contributed by atoms with E-state index in [1.54, 1.807) is 21.1 Å². The first-order valence-corrected chi connectivity index (χ1v) is 26.0. The number of likely N-dealkylation sites (N-methyl/N-ethyl adjacent to an activating group) is 1. The molecule has 0 amide bonds. The molecule has 368 valence electrons. The summed E-state index contributed by atoms with van der Waals surface area (Å²) in [6.07, 6.45) is 59.3. The highest BCUT2D eigenvalue weighted by Crippen LogP contribution is 2.14. The van der Waals surface area contributed by atoms with Gasteiger partial charge in [-0.1, -0.05) is 183 Å². The number of quaternary nitrogens is 1. The van der Waals surface area contributed by atoms with E-state index >= 15 is 0 Å². The van der Waals surface area contributed by atoms with Gasteiger partial charge in [-0.15, -0.1) is 0 Å². The maximum atomic E-state index is 12.8. The third-order valence-corrected chi connectivity index (χ3v) is 11.3. The molecule has 0 saturated heterocycles. The molecule has 0 N–H and O–H groups in total. The van der Waals surface area contributed by atoms with Gasteiger partial charge in [0.15, 0.2) is 6.10 Å². The minimum absolute atomic E-state index is 0.0322. The summed E-state index contributed by atoms with van der Waals surface area (Å²) in [4.78, 5) is 37.1. The molecule has 0 aliphatic heterocycles. The summed E-state index contributed by atoms with van der Waals surface area (Å²) < 4.78 is 17.2. The van der Waals surface area contributed by atoms with Crippen LogP contribution in [0, 0.1) is 0 Å². The van der Waals surface area contributed by atoms with Crippen molar-refractivity contribution in [2.24, 2.45) is 0 Å². The molecule has 0 aromatic carbocycles. The molecule has 0 heterocycles. The van der Waals surface area contributed by atoms with Gasteiger partial charge in [-0.05, 0) is 83.5 Å². The summed E-state index contributed by atoms with van der Waals surface area (Å²) in [7, 11) is 5.41. The Labute approximate surface area is 393 Å². The van der Waals surface area contributed by atoms with E-state index in [2.05, 4.69) is 86.8 Å². The van der Waals surface area contributed by atoms with Crippen molar-refractivity contribution >= 4 is 17.9 Å². The molecule has 0 spiro atoms. The van der Waals surface area contributed by atoms with E-state index in [9.17, 15) is 19.5 Å². The highest BCUT2D eigenvalue weighted by molar-refractivity contribution is 5.70. The molecule has 2 unspecified atom stereocenters. The minimum Gasteiger partial charge on any atom is -0.544 e. The van der Waals surface area contributed by atoms with Crippen molar-refractivity contribution in [3.63, 3.8) is 0 Å². The number of ether oxygens (including phenoxy) is 3. The average molecular weight is 896 g/mol. The predicted molar refractivity (Wildman–Crippen MR) is 268 cm³/mol. The fourth-order valence-corrected chi connectivity index (χ4v) is 7.33. The molecule has 0 rings (SSSR count). The fourth-order valence-electron chi connectivity index (χ4n) is 7.33. The molecule has 64 heavy (non-hydrogen) atoms. The van der Waals surface area contributed by atoms with E-state index in [4.69, 9.17) is 14.2 Å². The van der Waals surface area contributed by atoms with Gasteiger partial charge in [0.2, 0.25) is 0 Å². The van der Waals surface area contributed by atoms with Crippen molar-refractivity contribution in [2.75, 3.05) is 41.0 Å². The van der Waals surface area contributed by atoms with Gasteiger partial charge < -0.3 is 28.6 Å². The summed E-state index contributed by atoms with van der Waals surface area (Å²) in [5, 5.41) is 11.7. The van der Waals surface area contributed by atoms with Crippen molar-refractivity contribution < 1.29 is 38.2 Å². The second-order valence-corrected chi connectivity index (χ2v) is 18.4.